The Morgan fingerprint density at radius 1 is 1.73 bits per heavy atom. The number of aryl methyl sites for hydroxylation is 1. The molecule has 1 rings (SSSR count). The Labute approximate surface area is 68.8 Å². The van der Waals surface area contributed by atoms with Gasteiger partial charge in [0, 0.05) is 6.07 Å². The van der Waals surface area contributed by atoms with Crippen LogP contribution in [0.1, 0.15) is 5.56 Å². The first-order valence-corrected chi connectivity index (χ1v) is 3.32. The molecule has 0 N–H and O–H groups in total. The van der Waals surface area contributed by atoms with Gasteiger partial charge in [-0.3, -0.25) is 10.1 Å². The summed E-state index contributed by atoms with van der Waals surface area (Å²) in [6, 6.07) is 5.57. The van der Waals surface area contributed by atoms with Crippen LogP contribution in [0.15, 0.2) is 12.1 Å². The van der Waals surface area contributed by atoms with Crippen molar-refractivity contribution in [2.24, 2.45) is 0 Å². The summed E-state index contributed by atoms with van der Waals surface area (Å²) in [5, 5.41) is 10.4. The van der Waals surface area contributed by atoms with Crippen molar-refractivity contribution in [3.05, 3.63) is 38.9 Å². The van der Waals surface area contributed by atoms with Crippen LogP contribution in [0.5, 0.6) is 0 Å². The summed E-state index contributed by atoms with van der Waals surface area (Å²) < 4.78 is 0. The average Bonchev–Trinajstić information content (AvgIpc) is 1.94. The van der Waals surface area contributed by atoms with E-state index in [9.17, 15) is 10.1 Å². The lowest BCUT2D eigenvalue weighted by molar-refractivity contribution is -0.384. The van der Waals surface area contributed by atoms with Crippen molar-refractivity contribution in [2.45, 2.75) is 6.92 Å². The van der Waals surface area contributed by atoms with Crippen LogP contribution >= 0.6 is 11.6 Å². The van der Waals surface area contributed by atoms with Crippen LogP contribution in [0.2, 0.25) is 5.02 Å². The highest BCUT2D eigenvalue weighted by molar-refractivity contribution is 6.33. The zero-order chi connectivity index (χ0) is 8.43. The van der Waals surface area contributed by atoms with Gasteiger partial charge in [-0.25, -0.2) is 0 Å². The van der Waals surface area contributed by atoms with Gasteiger partial charge in [0.15, 0.2) is 0 Å². The molecule has 11 heavy (non-hydrogen) atoms. The predicted octanol–water partition coefficient (Wildman–Crippen LogP) is 2.36. The van der Waals surface area contributed by atoms with Gasteiger partial charge in [0.05, 0.1) is 4.92 Å². The molecule has 3 nitrogen and oxygen atoms in total. The van der Waals surface area contributed by atoms with E-state index in [1.54, 1.807) is 6.92 Å². The standard InChI is InChI=1S/C7H5ClNO2/c1-5-3-2-4-6(7(5)8)9(10)11/h2,4H,1H3. The number of rotatable bonds is 1. The molecule has 4 heteroatoms. The molecule has 0 aromatic heterocycles. The van der Waals surface area contributed by atoms with E-state index in [0.717, 1.165) is 0 Å². The smallest absolute Gasteiger partial charge is 0.258 e. The fourth-order valence-corrected chi connectivity index (χ4v) is 0.902. The SMILES string of the molecule is Cc1[c]ccc([N+](=O)[O-])c1Cl. The third-order valence-corrected chi connectivity index (χ3v) is 1.77. The number of halogens is 1. The summed E-state index contributed by atoms with van der Waals surface area (Å²) in [5.41, 5.74) is 0.531. The van der Waals surface area contributed by atoms with Crippen LogP contribution < -0.4 is 0 Å². The molecule has 0 saturated heterocycles. The quantitative estimate of drug-likeness (QED) is 0.480. The molecule has 0 aliphatic heterocycles. The fraction of sp³-hybridized carbons (Fsp3) is 0.143. The minimum Gasteiger partial charge on any atom is -0.258 e. The first-order valence-electron chi connectivity index (χ1n) is 2.94. The van der Waals surface area contributed by atoms with Crippen LogP contribution in [0.3, 0.4) is 0 Å². The Morgan fingerprint density at radius 2 is 2.36 bits per heavy atom. The maximum Gasteiger partial charge on any atom is 0.288 e. The number of nitro groups is 1. The van der Waals surface area contributed by atoms with Crippen molar-refractivity contribution in [3.8, 4) is 0 Å². The van der Waals surface area contributed by atoms with Crippen molar-refractivity contribution >= 4 is 17.3 Å². The Hall–Kier alpha value is -1.09. The van der Waals surface area contributed by atoms with E-state index in [2.05, 4.69) is 6.07 Å². The van der Waals surface area contributed by atoms with Crippen LogP contribution in [-0.2, 0) is 0 Å². The van der Waals surface area contributed by atoms with Gasteiger partial charge < -0.3 is 0 Å². The van der Waals surface area contributed by atoms with Gasteiger partial charge in [-0.15, -0.1) is 0 Å². The highest BCUT2D eigenvalue weighted by Gasteiger charge is 2.12. The zero-order valence-electron chi connectivity index (χ0n) is 5.80. The summed E-state index contributed by atoms with van der Waals surface area (Å²) in [6.45, 7) is 1.68. The minimum absolute atomic E-state index is 0.0667. The van der Waals surface area contributed by atoms with Crippen molar-refractivity contribution in [3.63, 3.8) is 0 Å². The molecule has 0 saturated carbocycles. The van der Waals surface area contributed by atoms with Gasteiger partial charge in [0.1, 0.15) is 5.02 Å². The third kappa shape index (κ3) is 1.49. The van der Waals surface area contributed by atoms with Crippen molar-refractivity contribution < 1.29 is 4.92 Å². The van der Waals surface area contributed by atoms with Gasteiger partial charge >= 0.3 is 0 Å². The molecule has 0 atom stereocenters. The van der Waals surface area contributed by atoms with E-state index < -0.39 is 4.92 Å². The lowest BCUT2D eigenvalue weighted by Crippen LogP contribution is -1.89. The normalized spacial score (nSPS) is 9.64. The van der Waals surface area contributed by atoms with Crippen molar-refractivity contribution in [2.75, 3.05) is 0 Å². The van der Waals surface area contributed by atoms with Crippen LogP contribution in [0.25, 0.3) is 0 Å². The molecular weight excluding hydrogens is 166 g/mol. The van der Waals surface area contributed by atoms with Crippen LogP contribution in [0.4, 0.5) is 5.69 Å². The highest BCUT2D eigenvalue weighted by Crippen LogP contribution is 2.26. The summed E-state index contributed by atoms with van der Waals surface area (Å²) in [4.78, 5) is 9.77. The summed E-state index contributed by atoms with van der Waals surface area (Å²) >= 11 is 5.62. The second kappa shape index (κ2) is 2.88. The maximum atomic E-state index is 10.3. The molecule has 0 unspecified atom stereocenters. The third-order valence-electron chi connectivity index (χ3n) is 1.29. The predicted molar refractivity (Wildman–Crippen MR) is 41.7 cm³/mol. The molecule has 0 heterocycles. The zero-order valence-corrected chi connectivity index (χ0v) is 6.55. The number of nitro benzene ring substituents is 1. The number of benzene rings is 1. The molecule has 0 aliphatic carbocycles. The molecule has 0 aliphatic rings. The number of nitrogens with zero attached hydrogens (tertiary/aromatic N) is 1. The second-order valence-electron chi connectivity index (χ2n) is 2.06. The minimum atomic E-state index is -0.511. The Balaban J connectivity index is 3.27. The lowest BCUT2D eigenvalue weighted by Gasteiger charge is -1.96. The summed E-state index contributed by atoms with van der Waals surface area (Å²) in [5.74, 6) is 0. The van der Waals surface area contributed by atoms with E-state index >= 15 is 0 Å². The van der Waals surface area contributed by atoms with Gasteiger partial charge in [-0.05, 0) is 24.6 Å². The van der Waals surface area contributed by atoms with Crippen molar-refractivity contribution in [1.82, 2.24) is 0 Å². The van der Waals surface area contributed by atoms with E-state index in [1.165, 1.54) is 12.1 Å². The molecular formula is C7H5ClNO2. The molecule has 1 radical (unpaired) electrons. The second-order valence-corrected chi connectivity index (χ2v) is 2.44. The van der Waals surface area contributed by atoms with E-state index in [0.29, 0.717) is 5.56 Å². The number of hydrogen-bond acceptors (Lipinski definition) is 2. The number of hydrogen-bond donors (Lipinski definition) is 0. The van der Waals surface area contributed by atoms with Gasteiger partial charge in [-0.2, -0.15) is 0 Å². The van der Waals surface area contributed by atoms with Gasteiger partial charge in [0.25, 0.3) is 5.69 Å². The Morgan fingerprint density at radius 3 is 2.82 bits per heavy atom. The summed E-state index contributed by atoms with van der Waals surface area (Å²) in [6.07, 6.45) is 0. The average molecular weight is 171 g/mol. The summed E-state index contributed by atoms with van der Waals surface area (Å²) in [7, 11) is 0. The first-order chi connectivity index (χ1) is 5.13. The lowest BCUT2D eigenvalue weighted by atomic mass is 10.2. The van der Waals surface area contributed by atoms with E-state index in [4.69, 9.17) is 11.6 Å². The van der Waals surface area contributed by atoms with E-state index in [-0.39, 0.29) is 10.7 Å². The first kappa shape index (κ1) is 8.01. The molecule has 1 aromatic carbocycles. The molecule has 0 spiro atoms. The van der Waals surface area contributed by atoms with Gasteiger partial charge in [-0.1, -0.05) is 11.6 Å². The van der Waals surface area contributed by atoms with Crippen molar-refractivity contribution in [1.29, 1.82) is 0 Å². The largest absolute Gasteiger partial charge is 0.288 e. The molecule has 0 bridgehead atoms. The van der Waals surface area contributed by atoms with Crippen LogP contribution in [-0.4, -0.2) is 4.92 Å². The molecule has 57 valence electrons. The van der Waals surface area contributed by atoms with Crippen LogP contribution in [0, 0.1) is 23.1 Å². The maximum absolute atomic E-state index is 10.3. The monoisotopic (exact) mass is 170 g/mol. The molecule has 0 fully saturated rings. The van der Waals surface area contributed by atoms with E-state index in [1.807, 2.05) is 0 Å². The molecule has 0 amide bonds. The van der Waals surface area contributed by atoms with Gasteiger partial charge in [0.2, 0.25) is 0 Å². The Bertz CT molecular complexity index is 298. The highest BCUT2D eigenvalue weighted by atomic mass is 35.5. The topological polar surface area (TPSA) is 43.1 Å². The molecule has 1 aromatic rings. The Kier molecular flexibility index (Phi) is 2.10. The fourth-order valence-electron chi connectivity index (χ4n) is 0.715.